The summed E-state index contributed by atoms with van der Waals surface area (Å²) in [6, 6.07) is 13.7. The molecular formula is C20H18N6OS. The number of thioether (sulfide) groups is 1. The van der Waals surface area contributed by atoms with Gasteiger partial charge in [-0.15, -0.1) is 0 Å². The van der Waals surface area contributed by atoms with E-state index in [1.807, 2.05) is 54.8 Å². The molecule has 0 saturated carbocycles. The van der Waals surface area contributed by atoms with Crippen LogP contribution in [-0.2, 0) is 4.79 Å². The van der Waals surface area contributed by atoms with Crippen molar-refractivity contribution in [1.29, 1.82) is 0 Å². The standard InChI is InChI=1S/C20H18N6OS/c1-13-10-18(23-19(27)11-15-12-28-20-21-8-9-25(15)20)26(24-13)17-7-6-14-4-2-3-5-16(14)22-17/h2-7,10,12H,8-9,11H2,1H3,(H,23,27). The first-order valence-electron chi connectivity index (χ1n) is 9.08. The Balaban J connectivity index is 1.38. The average molecular weight is 390 g/mol. The molecule has 0 aliphatic carbocycles. The van der Waals surface area contributed by atoms with Crippen LogP contribution in [0.3, 0.4) is 0 Å². The summed E-state index contributed by atoms with van der Waals surface area (Å²) in [5.41, 5.74) is 2.69. The molecule has 0 bridgehead atoms. The second-order valence-corrected chi connectivity index (χ2v) is 7.55. The molecule has 0 fully saturated rings. The van der Waals surface area contributed by atoms with Crippen molar-refractivity contribution in [2.24, 2.45) is 4.99 Å². The number of aliphatic imine (C=N–C) groups is 1. The van der Waals surface area contributed by atoms with Gasteiger partial charge in [0.1, 0.15) is 5.82 Å². The minimum absolute atomic E-state index is 0.0815. The molecule has 1 aromatic carbocycles. The molecule has 5 rings (SSSR count). The van der Waals surface area contributed by atoms with E-state index in [-0.39, 0.29) is 5.91 Å². The number of benzene rings is 1. The minimum atomic E-state index is -0.0815. The molecule has 0 saturated heterocycles. The summed E-state index contributed by atoms with van der Waals surface area (Å²) in [7, 11) is 0. The van der Waals surface area contributed by atoms with Crippen molar-refractivity contribution in [3.8, 4) is 5.82 Å². The molecule has 2 aliphatic rings. The summed E-state index contributed by atoms with van der Waals surface area (Å²) >= 11 is 1.58. The highest BCUT2D eigenvalue weighted by Crippen LogP contribution is 2.31. The molecule has 0 atom stereocenters. The van der Waals surface area contributed by atoms with Crippen molar-refractivity contribution < 1.29 is 4.79 Å². The average Bonchev–Trinajstić information content (AvgIpc) is 3.39. The highest BCUT2D eigenvalue weighted by Gasteiger charge is 2.27. The first-order chi connectivity index (χ1) is 13.7. The number of amides is 1. The molecule has 140 valence electrons. The Labute approximate surface area is 166 Å². The number of para-hydroxylation sites is 1. The van der Waals surface area contributed by atoms with Gasteiger partial charge in [-0.05, 0) is 30.5 Å². The van der Waals surface area contributed by atoms with Crippen molar-refractivity contribution in [3.05, 3.63) is 59.3 Å². The Hall–Kier alpha value is -3.13. The number of aromatic nitrogens is 3. The monoisotopic (exact) mass is 390 g/mol. The number of carbonyl (C=O) groups excluding carboxylic acids is 1. The molecule has 2 aromatic heterocycles. The van der Waals surface area contributed by atoms with Gasteiger partial charge in [0.15, 0.2) is 11.0 Å². The molecule has 3 aromatic rings. The number of anilines is 1. The van der Waals surface area contributed by atoms with Gasteiger partial charge in [-0.25, -0.2) is 4.98 Å². The van der Waals surface area contributed by atoms with Crippen LogP contribution in [0.2, 0.25) is 0 Å². The molecule has 8 heteroatoms. The van der Waals surface area contributed by atoms with E-state index in [0.29, 0.717) is 18.1 Å². The van der Waals surface area contributed by atoms with Gasteiger partial charge in [-0.1, -0.05) is 30.0 Å². The Morgan fingerprint density at radius 1 is 1.25 bits per heavy atom. The summed E-state index contributed by atoms with van der Waals surface area (Å²) in [4.78, 5) is 23.9. The Bertz CT molecular complexity index is 1150. The van der Waals surface area contributed by atoms with Crippen molar-refractivity contribution in [2.45, 2.75) is 13.3 Å². The summed E-state index contributed by atoms with van der Waals surface area (Å²) in [6.45, 7) is 3.54. The molecule has 2 aliphatic heterocycles. The SMILES string of the molecule is Cc1cc(NC(=O)CC2=CSC3=NCCN23)n(-c2ccc3ccccc3n2)n1. The molecule has 1 amide bonds. The van der Waals surface area contributed by atoms with Crippen LogP contribution in [0, 0.1) is 6.92 Å². The fourth-order valence-electron chi connectivity index (χ4n) is 3.40. The largest absolute Gasteiger partial charge is 0.322 e. The predicted octanol–water partition coefficient (Wildman–Crippen LogP) is 3.32. The lowest BCUT2D eigenvalue weighted by molar-refractivity contribution is -0.115. The topological polar surface area (TPSA) is 75.4 Å². The van der Waals surface area contributed by atoms with Crippen LogP contribution in [-0.4, -0.2) is 43.8 Å². The van der Waals surface area contributed by atoms with E-state index in [0.717, 1.165) is 40.6 Å². The van der Waals surface area contributed by atoms with Crippen LogP contribution >= 0.6 is 11.8 Å². The first-order valence-corrected chi connectivity index (χ1v) is 9.96. The number of carbonyl (C=O) groups is 1. The quantitative estimate of drug-likeness (QED) is 0.740. The van der Waals surface area contributed by atoms with Crippen LogP contribution in [0.5, 0.6) is 0 Å². The number of pyridine rings is 1. The molecular weight excluding hydrogens is 372 g/mol. The number of hydrogen-bond donors (Lipinski definition) is 1. The van der Waals surface area contributed by atoms with Crippen LogP contribution in [0.15, 0.2) is 58.6 Å². The van der Waals surface area contributed by atoms with Gasteiger partial charge >= 0.3 is 0 Å². The number of hydrogen-bond acceptors (Lipinski definition) is 6. The van der Waals surface area contributed by atoms with Gasteiger partial charge < -0.3 is 10.2 Å². The van der Waals surface area contributed by atoms with E-state index in [2.05, 4.69) is 25.3 Å². The molecule has 28 heavy (non-hydrogen) atoms. The number of nitrogens with one attached hydrogen (secondary N) is 1. The van der Waals surface area contributed by atoms with Crippen LogP contribution in [0.1, 0.15) is 12.1 Å². The molecule has 4 heterocycles. The maximum Gasteiger partial charge on any atom is 0.231 e. The normalized spacial score (nSPS) is 15.5. The lowest BCUT2D eigenvalue weighted by Gasteiger charge is -2.16. The zero-order valence-corrected chi connectivity index (χ0v) is 16.1. The molecule has 0 spiro atoms. The first kappa shape index (κ1) is 17.0. The van der Waals surface area contributed by atoms with Gasteiger partial charge in [0.2, 0.25) is 5.91 Å². The maximum atomic E-state index is 12.7. The van der Waals surface area contributed by atoms with Gasteiger partial charge in [-0.2, -0.15) is 9.78 Å². The number of nitrogens with zero attached hydrogens (tertiary/aromatic N) is 5. The predicted molar refractivity (Wildman–Crippen MR) is 112 cm³/mol. The number of aryl methyl sites for hydroxylation is 1. The third-order valence-electron chi connectivity index (χ3n) is 4.69. The van der Waals surface area contributed by atoms with Gasteiger partial charge in [0, 0.05) is 23.7 Å². The highest BCUT2D eigenvalue weighted by molar-refractivity contribution is 8.16. The lowest BCUT2D eigenvalue weighted by Crippen LogP contribution is -2.24. The fraction of sp³-hybridized carbons (Fsp3) is 0.200. The van der Waals surface area contributed by atoms with Gasteiger partial charge in [0.05, 0.1) is 24.2 Å². The van der Waals surface area contributed by atoms with Crippen LogP contribution < -0.4 is 5.32 Å². The zero-order chi connectivity index (χ0) is 19.1. The third-order valence-corrected chi connectivity index (χ3v) is 5.64. The van der Waals surface area contributed by atoms with Crippen molar-refractivity contribution in [2.75, 3.05) is 18.4 Å². The van der Waals surface area contributed by atoms with E-state index in [4.69, 9.17) is 0 Å². The van der Waals surface area contributed by atoms with Crippen LogP contribution in [0.4, 0.5) is 5.82 Å². The Morgan fingerprint density at radius 2 is 2.14 bits per heavy atom. The summed E-state index contributed by atoms with van der Waals surface area (Å²) < 4.78 is 1.68. The molecule has 0 unspecified atom stereocenters. The van der Waals surface area contributed by atoms with E-state index >= 15 is 0 Å². The molecule has 1 N–H and O–H groups in total. The second-order valence-electron chi connectivity index (χ2n) is 6.71. The maximum absolute atomic E-state index is 12.7. The summed E-state index contributed by atoms with van der Waals surface area (Å²) in [5, 5.41) is 11.6. The lowest BCUT2D eigenvalue weighted by atomic mass is 10.2. The van der Waals surface area contributed by atoms with Crippen molar-refractivity contribution in [1.82, 2.24) is 19.7 Å². The Kier molecular flexibility index (Phi) is 4.12. The summed E-state index contributed by atoms with van der Waals surface area (Å²) in [5.74, 6) is 1.21. The van der Waals surface area contributed by atoms with E-state index in [1.54, 1.807) is 16.4 Å². The fourth-order valence-corrected chi connectivity index (χ4v) is 4.36. The summed E-state index contributed by atoms with van der Waals surface area (Å²) in [6.07, 6.45) is 0.307. The third kappa shape index (κ3) is 3.05. The number of fused-ring (bicyclic) bond motifs is 2. The van der Waals surface area contributed by atoms with Crippen molar-refractivity contribution >= 4 is 39.6 Å². The van der Waals surface area contributed by atoms with Crippen LogP contribution in [0.25, 0.3) is 16.7 Å². The van der Waals surface area contributed by atoms with Gasteiger partial charge in [0.25, 0.3) is 0 Å². The minimum Gasteiger partial charge on any atom is -0.322 e. The highest BCUT2D eigenvalue weighted by atomic mass is 32.2. The number of amidine groups is 1. The van der Waals surface area contributed by atoms with Gasteiger partial charge in [-0.3, -0.25) is 9.79 Å². The number of rotatable bonds is 4. The molecule has 7 nitrogen and oxygen atoms in total. The van der Waals surface area contributed by atoms with E-state index in [9.17, 15) is 4.79 Å². The van der Waals surface area contributed by atoms with E-state index < -0.39 is 0 Å². The Morgan fingerprint density at radius 3 is 3.07 bits per heavy atom. The van der Waals surface area contributed by atoms with Crippen molar-refractivity contribution in [3.63, 3.8) is 0 Å². The zero-order valence-electron chi connectivity index (χ0n) is 15.3. The smallest absolute Gasteiger partial charge is 0.231 e. The molecule has 0 radical (unpaired) electrons. The van der Waals surface area contributed by atoms with E-state index in [1.165, 1.54) is 0 Å². The second kappa shape index (κ2) is 6.79.